The van der Waals surface area contributed by atoms with E-state index in [2.05, 4.69) is 55.5 Å². The van der Waals surface area contributed by atoms with Crippen molar-refractivity contribution in [3.05, 3.63) is 77.4 Å². The van der Waals surface area contributed by atoms with E-state index in [1.807, 2.05) is 12.1 Å². The number of aromatic hydroxyl groups is 1. The molecule has 37 heavy (non-hydrogen) atoms. The van der Waals surface area contributed by atoms with Crippen molar-refractivity contribution in [1.82, 2.24) is 0 Å². The minimum absolute atomic E-state index is 0.0160. The van der Waals surface area contributed by atoms with Crippen LogP contribution >= 0.6 is 11.8 Å². The lowest BCUT2D eigenvalue weighted by atomic mass is 9.69. The van der Waals surface area contributed by atoms with Crippen molar-refractivity contribution in [2.45, 2.75) is 67.1 Å². The number of hydrogen-bond donors (Lipinski definition) is 1. The summed E-state index contributed by atoms with van der Waals surface area (Å²) >= 11 is 1.70. The van der Waals surface area contributed by atoms with Gasteiger partial charge in [0.05, 0.1) is 19.1 Å². The van der Waals surface area contributed by atoms with Crippen LogP contribution in [-0.4, -0.2) is 19.3 Å². The van der Waals surface area contributed by atoms with E-state index in [-0.39, 0.29) is 5.41 Å². The molecule has 0 radical (unpaired) electrons. The second kappa shape index (κ2) is 9.64. The molecule has 0 aliphatic heterocycles. The molecule has 4 heteroatoms. The van der Waals surface area contributed by atoms with Crippen molar-refractivity contribution in [2.24, 2.45) is 0 Å². The second-order valence-corrected chi connectivity index (χ2v) is 11.6. The Bertz CT molecular complexity index is 1480. The summed E-state index contributed by atoms with van der Waals surface area (Å²) in [5.74, 6) is 1.98. The molecule has 0 amide bonds. The van der Waals surface area contributed by atoms with Gasteiger partial charge >= 0.3 is 0 Å². The van der Waals surface area contributed by atoms with Crippen LogP contribution in [0.1, 0.15) is 61.6 Å². The third-order valence-electron chi connectivity index (χ3n) is 8.44. The Kier molecular flexibility index (Phi) is 6.32. The van der Waals surface area contributed by atoms with Crippen molar-refractivity contribution in [3.63, 3.8) is 0 Å². The number of ether oxygens (including phenoxy) is 2. The molecule has 6 rings (SSSR count). The zero-order chi connectivity index (χ0) is 25.6. The van der Waals surface area contributed by atoms with Crippen molar-refractivity contribution in [3.8, 4) is 28.4 Å². The van der Waals surface area contributed by atoms with Gasteiger partial charge in [-0.1, -0.05) is 68.1 Å². The number of phenolic OH excluding ortho intramolecular Hbond substituents is 1. The molecule has 0 heterocycles. The van der Waals surface area contributed by atoms with Gasteiger partial charge in [0.2, 0.25) is 0 Å². The highest BCUT2D eigenvalue weighted by Crippen LogP contribution is 2.58. The second-order valence-electron chi connectivity index (χ2n) is 10.5. The number of benzene rings is 4. The molecule has 0 atom stereocenters. The maximum absolute atomic E-state index is 11.4. The molecule has 0 bridgehead atoms. The first-order valence-corrected chi connectivity index (χ1v) is 14.2. The van der Waals surface area contributed by atoms with Crippen LogP contribution in [-0.2, 0) is 5.41 Å². The molecule has 0 saturated heterocycles. The number of hydrogen-bond acceptors (Lipinski definition) is 4. The van der Waals surface area contributed by atoms with Crippen LogP contribution in [0, 0.1) is 6.92 Å². The number of phenols is 1. The van der Waals surface area contributed by atoms with Crippen LogP contribution < -0.4 is 9.47 Å². The lowest BCUT2D eigenvalue weighted by Crippen LogP contribution is -2.26. The summed E-state index contributed by atoms with van der Waals surface area (Å²) in [6.45, 7) is 2.11. The lowest BCUT2D eigenvalue weighted by molar-refractivity contribution is 0.372. The van der Waals surface area contributed by atoms with E-state index in [0.717, 1.165) is 50.5 Å². The normalized spacial score (nSPS) is 16.2. The van der Waals surface area contributed by atoms with Gasteiger partial charge in [-0.2, -0.15) is 0 Å². The van der Waals surface area contributed by atoms with Gasteiger partial charge in [-0.15, -0.1) is 0 Å². The number of aryl methyl sites for hydroxylation is 1. The van der Waals surface area contributed by atoms with Crippen LogP contribution in [0.5, 0.6) is 17.2 Å². The van der Waals surface area contributed by atoms with E-state index in [1.54, 1.807) is 26.0 Å². The topological polar surface area (TPSA) is 38.7 Å². The molecule has 3 nitrogen and oxygen atoms in total. The number of methoxy groups -OCH3 is 2. The molecule has 190 valence electrons. The molecule has 2 aliphatic rings. The fourth-order valence-electron chi connectivity index (χ4n) is 6.61. The number of fused-ring (bicyclic) bond motifs is 7. The summed E-state index contributed by atoms with van der Waals surface area (Å²) in [6, 6.07) is 21.4. The highest BCUT2D eigenvalue weighted by atomic mass is 32.2. The average molecular weight is 511 g/mol. The van der Waals surface area contributed by atoms with Crippen molar-refractivity contribution in [1.29, 1.82) is 0 Å². The van der Waals surface area contributed by atoms with Gasteiger partial charge in [0, 0.05) is 15.7 Å². The summed E-state index contributed by atoms with van der Waals surface area (Å²) < 4.78 is 11.2. The Morgan fingerprint density at radius 1 is 0.757 bits per heavy atom. The standard InChI is InChI=1S/C33H34O3S/c1-21-17-22(35-2)13-14-30(21)37-31-19-25-24(18-29(31)36-3)28(34)20-27-32(25)23-11-7-8-12-26(23)33(27)15-9-5-4-6-10-16-33/h7-8,11-14,17-20,34H,4-6,9-10,15-16H2,1-3H3. The monoisotopic (exact) mass is 510 g/mol. The average Bonchev–Trinajstić information content (AvgIpc) is 3.17. The summed E-state index contributed by atoms with van der Waals surface area (Å²) in [4.78, 5) is 2.21. The fourth-order valence-corrected chi connectivity index (χ4v) is 7.62. The lowest BCUT2D eigenvalue weighted by Gasteiger charge is -2.34. The van der Waals surface area contributed by atoms with Crippen LogP contribution in [0.25, 0.3) is 21.9 Å². The van der Waals surface area contributed by atoms with Gasteiger partial charge < -0.3 is 14.6 Å². The van der Waals surface area contributed by atoms with E-state index in [4.69, 9.17) is 9.47 Å². The molecular weight excluding hydrogens is 476 g/mol. The number of rotatable bonds is 4. The minimum atomic E-state index is -0.0160. The summed E-state index contributed by atoms with van der Waals surface area (Å²) in [7, 11) is 3.40. The van der Waals surface area contributed by atoms with Crippen LogP contribution in [0.2, 0.25) is 0 Å². The van der Waals surface area contributed by atoms with Crippen molar-refractivity contribution >= 4 is 22.5 Å². The van der Waals surface area contributed by atoms with E-state index < -0.39 is 0 Å². The third-order valence-corrected chi connectivity index (χ3v) is 9.65. The van der Waals surface area contributed by atoms with Gasteiger partial charge in [0.15, 0.2) is 0 Å². The molecule has 4 aromatic rings. The minimum Gasteiger partial charge on any atom is -0.507 e. The van der Waals surface area contributed by atoms with Crippen LogP contribution in [0.3, 0.4) is 0 Å². The molecule has 2 aliphatic carbocycles. The zero-order valence-electron chi connectivity index (χ0n) is 21.9. The fraction of sp³-hybridized carbons (Fsp3) is 0.333. The Hall–Kier alpha value is -3.11. The smallest absolute Gasteiger partial charge is 0.133 e. The summed E-state index contributed by atoms with van der Waals surface area (Å²) in [6.07, 6.45) is 8.66. The molecule has 1 fully saturated rings. The molecule has 1 spiro atoms. The Morgan fingerprint density at radius 2 is 1.51 bits per heavy atom. The maximum atomic E-state index is 11.4. The molecule has 0 aromatic heterocycles. The summed E-state index contributed by atoms with van der Waals surface area (Å²) in [5, 5.41) is 13.3. The first-order valence-electron chi connectivity index (χ1n) is 13.4. The Morgan fingerprint density at radius 3 is 2.24 bits per heavy atom. The van der Waals surface area contributed by atoms with Crippen LogP contribution in [0.4, 0.5) is 0 Å². The quantitative estimate of drug-likeness (QED) is 0.297. The van der Waals surface area contributed by atoms with Gasteiger partial charge in [0.25, 0.3) is 0 Å². The third kappa shape index (κ3) is 3.97. The van der Waals surface area contributed by atoms with Gasteiger partial charge in [-0.3, -0.25) is 0 Å². The first kappa shape index (κ1) is 24.2. The van der Waals surface area contributed by atoms with Crippen LogP contribution in [0.15, 0.2) is 70.5 Å². The molecule has 4 aromatic carbocycles. The van der Waals surface area contributed by atoms with E-state index in [0.29, 0.717) is 5.75 Å². The Labute approximate surface area is 223 Å². The highest BCUT2D eigenvalue weighted by molar-refractivity contribution is 7.99. The molecule has 1 saturated carbocycles. The van der Waals surface area contributed by atoms with Crippen molar-refractivity contribution in [2.75, 3.05) is 14.2 Å². The maximum Gasteiger partial charge on any atom is 0.133 e. The SMILES string of the molecule is COc1ccc(Sc2cc3c4c(cc(O)c3cc2OC)C2(CCCCCCC2)c2ccccc2-4)c(C)c1. The van der Waals surface area contributed by atoms with E-state index in [1.165, 1.54) is 54.4 Å². The Balaban J connectivity index is 1.58. The summed E-state index contributed by atoms with van der Waals surface area (Å²) in [5.41, 5.74) is 6.51. The predicted octanol–water partition coefficient (Wildman–Crippen LogP) is 9.03. The zero-order valence-corrected chi connectivity index (χ0v) is 22.7. The molecule has 0 unspecified atom stereocenters. The van der Waals surface area contributed by atoms with Gasteiger partial charge in [0.1, 0.15) is 17.2 Å². The largest absolute Gasteiger partial charge is 0.507 e. The molecule has 1 N–H and O–H groups in total. The van der Waals surface area contributed by atoms with Gasteiger partial charge in [-0.05, 0) is 89.4 Å². The first-order chi connectivity index (χ1) is 18.1. The van der Waals surface area contributed by atoms with Crippen molar-refractivity contribution < 1.29 is 14.6 Å². The molecular formula is C33H34O3S. The highest BCUT2D eigenvalue weighted by Gasteiger charge is 2.43. The van der Waals surface area contributed by atoms with E-state index >= 15 is 0 Å². The van der Waals surface area contributed by atoms with Gasteiger partial charge in [-0.25, -0.2) is 0 Å². The van der Waals surface area contributed by atoms with E-state index in [9.17, 15) is 5.11 Å². The predicted molar refractivity (Wildman–Crippen MR) is 153 cm³/mol.